The summed E-state index contributed by atoms with van der Waals surface area (Å²) < 4.78 is 15.9. The molecule has 156 valence electrons. The topological polar surface area (TPSA) is 89.7 Å². The van der Waals surface area contributed by atoms with Gasteiger partial charge in [0.1, 0.15) is 17.2 Å². The first-order valence-electron chi connectivity index (χ1n) is 9.83. The van der Waals surface area contributed by atoms with Crippen molar-refractivity contribution in [3.63, 3.8) is 0 Å². The molecule has 0 bridgehead atoms. The summed E-state index contributed by atoms with van der Waals surface area (Å²) in [6.07, 6.45) is 3.33. The third-order valence-electron chi connectivity index (χ3n) is 5.21. The minimum Gasteiger partial charge on any atom is -0.497 e. The van der Waals surface area contributed by atoms with Crippen molar-refractivity contribution < 1.29 is 18.7 Å². The van der Waals surface area contributed by atoms with Crippen molar-refractivity contribution in [2.45, 2.75) is 12.8 Å². The van der Waals surface area contributed by atoms with E-state index in [1.165, 1.54) is 0 Å². The Labute approximate surface area is 174 Å². The van der Waals surface area contributed by atoms with E-state index in [1.54, 1.807) is 38.7 Å². The molecule has 4 rings (SSSR count). The molecule has 3 heterocycles. The van der Waals surface area contributed by atoms with Crippen LogP contribution in [0.2, 0.25) is 0 Å². The molecule has 1 atom stereocenters. The highest BCUT2D eigenvalue weighted by Gasteiger charge is 2.27. The van der Waals surface area contributed by atoms with Crippen molar-refractivity contribution >= 4 is 17.4 Å². The van der Waals surface area contributed by atoms with E-state index in [1.807, 2.05) is 24.3 Å². The number of anilines is 2. The maximum absolute atomic E-state index is 12.9. The molecule has 2 aromatic heterocycles. The molecule has 1 saturated heterocycles. The number of carbonyl (C=O) groups is 1. The van der Waals surface area contributed by atoms with E-state index in [0.29, 0.717) is 35.2 Å². The molecule has 1 aliphatic rings. The molecule has 0 radical (unpaired) electrons. The number of furan rings is 1. The summed E-state index contributed by atoms with van der Waals surface area (Å²) in [5.41, 5.74) is 1.31. The first kappa shape index (κ1) is 19.8. The monoisotopic (exact) mass is 408 g/mol. The third kappa shape index (κ3) is 4.22. The molecule has 1 aromatic carbocycles. The minimum absolute atomic E-state index is 0.0386. The smallest absolute Gasteiger partial charge is 0.229 e. The summed E-state index contributed by atoms with van der Waals surface area (Å²) >= 11 is 0. The number of nitrogens with one attached hydrogen (secondary N) is 1. The fourth-order valence-corrected chi connectivity index (χ4v) is 3.59. The van der Waals surface area contributed by atoms with Crippen LogP contribution in [0.1, 0.15) is 12.8 Å². The second-order valence-electron chi connectivity index (χ2n) is 7.09. The van der Waals surface area contributed by atoms with E-state index in [-0.39, 0.29) is 11.8 Å². The second-order valence-corrected chi connectivity index (χ2v) is 7.09. The normalized spacial score (nSPS) is 16.2. The van der Waals surface area contributed by atoms with Gasteiger partial charge in [0.15, 0.2) is 11.6 Å². The molecule has 1 fully saturated rings. The second kappa shape index (κ2) is 8.86. The van der Waals surface area contributed by atoms with Gasteiger partial charge in [0.25, 0.3) is 0 Å². The van der Waals surface area contributed by atoms with Gasteiger partial charge in [-0.3, -0.25) is 4.79 Å². The van der Waals surface area contributed by atoms with Crippen LogP contribution in [0.4, 0.5) is 11.5 Å². The van der Waals surface area contributed by atoms with Gasteiger partial charge < -0.3 is 24.1 Å². The fraction of sp³-hybridized carbons (Fsp3) is 0.318. The summed E-state index contributed by atoms with van der Waals surface area (Å²) in [7, 11) is 3.16. The Morgan fingerprint density at radius 3 is 2.77 bits per heavy atom. The number of methoxy groups -OCH3 is 2. The molecule has 1 unspecified atom stereocenters. The van der Waals surface area contributed by atoms with Crippen LogP contribution in [-0.2, 0) is 4.79 Å². The zero-order valence-electron chi connectivity index (χ0n) is 17.0. The van der Waals surface area contributed by atoms with Gasteiger partial charge in [-0.25, -0.2) is 0 Å². The summed E-state index contributed by atoms with van der Waals surface area (Å²) in [4.78, 5) is 15.0. The van der Waals surface area contributed by atoms with Gasteiger partial charge in [0.2, 0.25) is 5.91 Å². The Morgan fingerprint density at radius 1 is 1.17 bits per heavy atom. The van der Waals surface area contributed by atoms with Crippen LogP contribution in [0.5, 0.6) is 11.5 Å². The average Bonchev–Trinajstić information content (AvgIpc) is 3.34. The van der Waals surface area contributed by atoms with Gasteiger partial charge in [0.05, 0.1) is 32.1 Å². The van der Waals surface area contributed by atoms with Crippen LogP contribution in [0.25, 0.3) is 11.5 Å². The molecular weight excluding hydrogens is 384 g/mol. The molecule has 30 heavy (non-hydrogen) atoms. The van der Waals surface area contributed by atoms with Gasteiger partial charge in [-0.05, 0) is 49.2 Å². The van der Waals surface area contributed by atoms with Crippen LogP contribution in [0, 0.1) is 5.92 Å². The van der Waals surface area contributed by atoms with Crippen molar-refractivity contribution in [2.24, 2.45) is 5.92 Å². The number of piperidine rings is 1. The van der Waals surface area contributed by atoms with Crippen LogP contribution in [0.15, 0.2) is 53.1 Å². The Bertz CT molecular complexity index is 989. The zero-order valence-corrected chi connectivity index (χ0v) is 17.0. The first-order valence-corrected chi connectivity index (χ1v) is 9.83. The molecule has 1 amide bonds. The lowest BCUT2D eigenvalue weighted by Gasteiger charge is -2.32. The van der Waals surface area contributed by atoms with Gasteiger partial charge in [-0.15, -0.1) is 10.2 Å². The molecule has 3 aromatic rings. The molecule has 0 saturated carbocycles. The molecule has 8 heteroatoms. The van der Waals surface area contributed by atoms with E-state index in [4.69, 9.17) is 13.9 Å². The number of amides is 1. The Hall–Kier alpha value is -3.55. The predicted molar refractivity (Wildman–Crippen MR) is 113 cm³/mol. The lowest BCUT2D eigenvalue weighted by atomic mass is 9.97. The lowest BCUT2D eigenvalue weighted by molar-refractivity contribution is -0.120. The van der Waals surface area contributed by atoms with Crippen molar-refractivity contribution in [3.8, 4) is 23.0 Å². The molecule has 0 aliphatic carbocycles. The molecule has 1 aliphatic heterocycles. The van der Waals surface area contributed by atoms with Crippen molar-refractivity contribution in [1.82, 2.24) is 10.2 Å². The number of nitrogens with zero attached hydrogens (tertiary/aromatic N) is 3. The number of ether oxygens (including phenoxy) is 2. The number of carbonyl (C=O) groups excluding carboxylic acids is 1. The maximum Gasteiger partial charge on any atom is 0.229 e. The Kier molecular flexibility index (Phi) is 5.83. The van der Waals surface area contributed by atoms with E-state index in [0.717, 1.165) is 25.2 Å². The highest BCUT2D eigenvalue weighted by atomic mass is 16.5. The van der Waals surface area contributed by atoms with Crippen LogP contribution < -0.4 is 19.7 Å². The van der Waals surface area contributed by atoms with E-state index >= 15 is 0 Å². The Morgan fingerprint density at radius 2 is 2.07 bits per heavy atom. The fourth-order valence-electron chi connectivity index (χ4n) is 3.59. The number of hydrogen-bond acceptors (Lipinski definition) is 7. The standard InChI is InChI=1S/C22H24N4O4/c1-28-16-7-8-17(20(13-16)29-2)23-22(27)15-5-3-11-26(14-15)21-10-9-18(24-25-21)19-6-4-12-30-19/h4,6-10,12-13,15H,3,5,11,14H2,1-2H3,(H,23,27). The predicted octanol–water partition coefficient (Wildman–Crippen LogP) is 3.61. The summed E-state index contributed by atoms with van der Waals surface area (Å²) in [5.74, 6) is 2.48. The average molecular weight is 408 g/mol. The molecule has 1 N–H and O–H groups in total. The van der Waals surface area contributed by atoms with Crippen molar-refractivity contribution in [1.29, 1.82) is 0 Å². The highest BCUT2D eigenvalue weighted by molar-refractivity contribution is 5.94. The van der Waals surface area contributed by atoms with Crippen LogP contribution >= 0.6 is 0 Å². The quantitative estimate of drug-likeness (QED) is 0.666. The van der Waals surface area contributed by atoms with Gasteiger partial charge in [-0.2, -0.15) is 0 Å². The summed E-state index contributed by atoms with van der Waals surface area (Å²) in [6.45, 7) is 1.42. The van der Waals surface area contributed by atoms with Crippen LogP contribution in [-0.4, -0.2) is 43.4 Å². The maximum atomic E-state index is 12.9. The van der Waals surface area contributed by atoms with Crippen LogP contribution in [0.3, 0.4) is 0 Å². The van der Waals surface area contributed by atoms with Gasteiger partial charge in [-0.1, -0.05) is 0 Å². The minimum atomic E-state index is -0.155. The number of rotatable bonds is 6. The van der Waals surface area contributed by atoms with Crippen molar-refractivity contribution in [3.05, 3.63) is 48.7 Å². The molecule has 0 spiro atoms. The molecule has 8 nitrogen and oxygen atoms in total. The first-order chi connectivity index (χ1) is 14.7. The number of aromatic nitrogens is 2. The lowest BCUT2D eigenvalue weighted by Crippen LogP contribution is -2.41. The van der Waals surface area contributed by atoms with Gasteiger partial charge >= 0.3 is 0 Å². The molecular formula is C22H24N4O4. The SMILES string of the molecule is COc1ccc(NC(=O)C2CCCN(c3ccc(-c4ccco4)nn3)C2)c(OC)c1. The number of benzene rings is 1. The Balaban J connectivity index is 1.43. The van der Waals surface area contributed by atoms with Gasteiger partial charge in [0, 0.05) is 19.2 Å². The third-order valence-corrected chi connectivity index (χ3v) is 5.21. The summed E-state index contributed by atoms with van der Waals surface area (Å²) in [5, 5.41) is 11.6. The highest BCUT2D eigenvalue weighted by Crippen LogP contribution is 2.30. The van der Waals surface area contributed by atoms with E-state index in [2.05, 4.69) is 20.4 Å². The largest absolute Gasteiger partial charge is 0.497 e. The van der Waals surface area contributed by atoms with E-state index in [9.17, 15) is 4.79 Å². The van der Waals surface area contributed by atoms with Crippen molar-refractivity contribution in [2.75, 3.05) is 37.5 Å². The summed E-state index contributed by atoms with van der Waals surface area (Å²) in [6, 6.07) is 12.8. The number of hydrogen-bond donors (Lipinski definition) is 1. The zero-order chi connectivity index (χ0) is 20.9. The van der Waals surface area contributed by atoms with E-state index < -0.39 is 0 Å².